The zero-order valence-corrected chi connectivity index (χ0v) is 25.6. The van der Waals surface area contributed by atoms with Crippen molar-refractivity contribution >= 4 is 27.3 Å². The first-order valence-corrected chi connectivity index (χ1v) is 15.3. The van der Waals surface area contributed by atoms with E-state index in [2.05, 4.69) is 22.3 Å². The fraction of sp³-hybridized carbons (Fsp3) is 0.387. The van der Waals surface area contributed by atoms with Crippen LogP contribution in [0.1, 0.15) is 37.8 Å². The van der Waals surface area contributed by atoms with Gasteiger partial charge < -0.3 is 29.2 Å². The van der Waals surface area contributed by atoms with Crippen molar-refractivity contribution in [1.82, 2.24) is 5.32 Å². The fourth-order valence-electron chi connectivity index (χ4n) is 5.02. The second kappa shape index (κ2) is 13.7. The monoisotopic (exact) mass is 597 g/mol. The fourth-order valence-corrected chi connectivity index (χ4v) is 6.46. The third-order valence-corrected chi connectivity index (χ3v) is 9.13. The number of hydrogen-bond acceptors (Lipinski definition) is 8. The van der Waals surface area contributed by atoms with Crippen LogP contribution in [0.5, 0.6) is 23.0 Å². The molecule has 0 aliphatic carbocycles. The SMILES string of the molecule is COc1ccc(OC)c(N(CC(=O)NC(C)c2ccc(N3CCCCC3)cc2)S(=O)(=O)c2ccc(OC)c(OC)c2)c1. The maximum Gasteiger partial charge on any atom is 0.265 e. The van der Waals surface area contributed by atoms with E-state index >= 15 is 0 Å². The number of piperidine rings is 1. The van der Waals surface area contributed by atoms with Crippen molar-refractivity contribution in [2.24, 2.45) is 0 Å². The number of anilines is 2. The molecule has 1 saturated heterocycles. The molecule has 42 heavy (non-hydrogen) atoms. The quantitative estimate of drug-likeness (QED) is 0.318. The topological polar surface area (TPSA) is 107 Å². The molecule has 1 heterocycles. The van der Waals surface area contributed by atoms with Gasteiger partial charge >= 0.3 is 0 Å². The zero-order valence-electron chi connectivity index (χ0n) is 24.8. The summed E-state index contributed by atoms with van der Waals surface area (Å²) >= 11 is 0. The number of carbonyl (C=O) groups excluding carboxylic acids is 1. The van der Waals surface area contributed by atoms with Gasteiger partial charge in [-0.25, -0.2) is 8.42 Å². The van der Waals surface area contributed by atoms with Crippen LogP contribution in [-0.4, -0.2) is 62.4 Å². The molecule has 1 atom stereocenters. The third-order valence-electron chi connectivity index (χ3n) is 7.38. The number of rotatable bonds is 12. The van der Waals surface area contributed by atoms with Crippen LogP contribution in [-0.2, 0) is 14.8 Å². The Morgan fingerprint density at radius 1 is 0.833 bits per heavy atom. The van der Waals surface area contributed by atoms with Crippen LogP contribution >= 0.6 is 0 Å². The summed E-state index contributed by atoms with van der Waals surface area (Å²) in [6, 6.07) is 16.8. The van der Waals surface area contributed by atoms with Gasteiger partial charge in [0.05, 0.1) is 45.1 Å². The Balaban J connectivity index is 1.62. The van der Waals surface area contributed by atoms with Gasteiger partial charge in [0, 0.05) is 30.9 Å². The van der Waals surface area contributed by atoms with Crippen molar-refractivity contribution in [3.8, 4) is 23.0 Å². The molecule has 1 N–H and O–H groups in total. The predicted molar refractivity (Wildman–Crippen MR) is 163 cm³/mol. The Hall–Kier alpha value is -4.12. The minimum Gasteiger partial charge on any atom is -0.497 e. The van der Waals surface area contributed by atoms with Crippen LogP contribution in [0.4, 0.5) is 11.4 Å². The maximum atomic E-state index is 14.1. The minimum atomic E-state index is -4.29. The van der Waals surface area contributed by atoms with E-state index in [-0.39, 0.29) is 28.1 Å². The Bertz CT molecular complexity index is 1470. The molecule has 3 aromatic rings. The van der Waals surface area contributed by atoms with Gasteiger partial charge in [0.2, 0.25) is 5.91 Å². The van der Waals surface area contributed by atoms with Gasteiger partial charge in [-0.1, -0.05) is 12.1 Å². The van der Waals surface area contributed by atoms with Crippen molar-refractivity contribution in [2.75, 3.05) is 57.3 Å². The Morgan fingerprint density at radius 2 is 1.48 bits per heavy atom. The second-order valence-corrected chi connectivity index (χ2v) is 11.9. The average molecular weight is 598 g/mol. The molecule has 3 aromatic carbocycles. The Labute approximate surface area is 248 Å². The summed E-state index contributed by atoms with van der Waals surface area (Å²) in [5.41, 5.74) is 2.23. The molecule has 0 saturated carbocycles. The summed E-state index contributed by atoms with van der Waals surface area (Å²) in [6.45, 7) is 3.46. The number of nitrogens with one attached hydrogen (secondary N) is 1. The number of carbonyl (C=O) groups is 1. The number of hydrogen-bond donors (Lipinski definition) is 1. The van der Waals surface area contributed by atoms with Crippen LogP contribution in [0.3, 0.4) is 0 Å². The van der Waals surface area contributed by atoms with E-state index in [1.807, 2.05) is 19.1 Å². The first-order valence-electron chi connectivity index (χ1n) is 13.8. The van der Waals surface area contributed by atoms with E-state index in [4.69, 9.17) is 18.9 Å². The van der Waals surface area contributed by atoms with Gasteiger partial charge in [0.25, 0.3) is 10.0 Å². The van der Waals surface area contributed by atoms with Gasteiger partial charge in [-0.3, -0.25) is 9.10 Å². The highest BCUT2D eigenvalue weighted by Gasteiger charge is 2.31. The number of methoxy groups -OCH3 is 4. The third kappa shape index (κ3) is 6.84. The van der Waals surface area contributed by atoms with Crippen LogP contribution in [0.15, 0.2) is 65.6 Å². The molecule has 1 aliphatic heterocycles. The summed E-state index contributed by atoms with van der Waals surface area (Å²) < 4.78 is 50.6. The highest BCUT2D eigenvalue weighted by atomic mass is 32.2. The van der Waals surface area contributed by atoms with E-state index in [0.29, 0.717) is 11.5 Å². The van der Waals surface area contributed by atoms with Crippen molar-refractivity contribution in [3.63, 3.8) is 0 Å². The highest BCUT2D eigenvalue weighted by molar-refractivity contribution is 7.92. The highest BCUT2D eigenvalue weighted by Crippen LogP contribution is 2.37. The van der Waals surface area contributed by atoms with E-state index in [0.717, 1.165) is 28.6 Å². The molecule has 1 amide bonds. The largest absolute Gasteiger partial charge is 0.497 e. The number of ether oxygens (including phenoxy) is 4. The first-order chi connectivity index (χ1) is 20.2. The molecule has 0 aromatic heterocycles. The Kier molecular flexibility index (Phi) is 10.1. The number of amides is 1. The lowest BCUT2D eigenvalue weighted by atomic mass is 10.1. The predicted octanol–water partition coefficient (Wildman–Crippen LogP) is 4.78. The van der Waals surface area contributed by atoms with Crippen LogP contribution < -0.4 is 33.5 Å². The molecule has 1 fully saturated rings. The van der Waals surface area contributed by atoms with Gasteiger partial charge in [-0.15, -0.1) is 0 Å². The van der Waals surface area contributed by atoms with Gasteiger partial charge in [-0.05, 0) is 68.1 Å². The summed E-state index contributed by atoms with van der Waals surface area (Å²) in [6.07, 6.45) is 3.64. The first kappa shape index (κ1) is 30.8. The standard InChI is InChI=1S/C31H39N3O7S/c1-22(23-9-11-24(12-10-23)33-17-7-6-8-18-33)32-31(35)21-34(27-19-25(38-2)13-15-28(27)39-3)42(36,37)26-14-16-29(40-4)30(20-26)41-5/h9-16,19-20,22H,6-8,17-18,21H2,1-5H3,(H,32,35). The van der Waals surface area contributed by atoms with Gasteiger partial charge in [0.15, 0.2) is 11.5 Å². The number of benzene rings is 3. The summed E-state index contributed by atoms with van der Waals surface area (Å²) in [5.74, 6) is 0.786. The van der Waals surface area contributed by atoms with E-state index in [9.17, 15) is 13.2 Å². The van der Waals surface area contributed by atoms with Crippen LogP contribution in [0, 0.1) is 0 Å². The molecule has 4 rings (SSSR count). The number of nitrogens with zero attached hydrogens (tertiary/aromatic N) is 2. The van der Waals surface area contributed by atoms with Crippen molar-refractivity contribution in [2.45, 2.75) is 37.1 Å². The van der Waals surface area contributed by atoms with E-state index in [1.165, 1.54) is 72.0 Å². The average Bonchev–Trinajstić information content (AvgIpc) is 3.03. The van der Waals surface area contributed by atoms with Crippen LogP contribution in [0.25, 0.3) is 0 Å². The lowest BCUT2D eigenvalue weighted by molar-refractivity contribution is -0.120. The molecule has 0 spiro atoms. The van der Waals surface area contributed by atoms with Crippen molar-refractivity contribution in [3.05, 3.63) is 66.2 Å². The maximum absolute atomic E-state index is 14.1. The molecule has 0 bridgehead atoms. The molecular weight excluding hydrogens is 558 g/mol. The van der Waals surface area contributed by atoms with Gasteiger partial charge in [-0.2, -0.15) is 0 Å². The minimum absolute atomic E-state index is 0.0841. The summed E-state index contributed by atoms with van der Waals surface area (Å²) in [7, 11) is 1.51. The normalized spacial score (nSPS) is 14.1. The lowest BCUT2D eigenvalue weighted by Crippen LogP contribution is -2.41. The number of sulfonamides is 1. The molecular formula is C31H39N3O7S. The molecule has 10 nitrogen and oxygen atoms in total. The molecule has 11 heteroatoms. The molecule has 1 unspecified atom stereocenters. The summed E-state index contributed by atoms with van der Waals surface area (Å²) in [5, 5.41) is 2.95. The van der Waals surface area contributed by atoms with E-state index < -0.39 is 22.5 Å². The second-order valence-electron chi connectivity index (χ2n) is 9.99. The molecule has 1 aliphatic rings. The smallest absolute Gasteiger partial charge is 0.265 e. The van der Waals surface area contributed by atoms with Crippen molar-refractivity contribution in [1.29, 1.82) is 0 Å². The van der Waals surface area contributed by atoms with Crippen molar-refractivity contribution < 1.29 is 32.2 Å². The Morgan fingerprint density at radius 3 is 2.10 bits per heavy atom. The van der Waals surface area contributed by atoms with E-state index in [1.54, 1.807) is 12.1 Å². The zero-order chi connectivity index (χ0) is 30.3. The summed E-state index contributed by atoms with van der Waals surface area (Å²) in [4.78, 5) is 15.7. The van der Waals surface area contributed by atoms with Gasteiger partial charge in [0.1, 0.15) is 18.0 Å². The molecule has 226 valence electrons. The lowest BCUT2D eigenvalue weighted by Gasteiger charge is -2.29. The molecule has 0 radical (unpaired) electrons. The van der Waals surface area contributed by atoms with Crippen LogP contribution in [0.2, 0.25) is 0 Å².